The third-order valence-corrected chi connectivity index (χ3v) is 13.4. The van der Waals surface area contributed by atoms with Crippen molar-refractivity contribution >= 4 is 117 Å². The molecule has 0 spiro atoms. The quantitative estimate of drug-likeness (QED) is 0.0253. The molecule has 0 N–H and O–H groups in total. The fourth-order valence-corrected chi connectivity index (χ4v) is 8.47. The summed E-state index contributed by atoms with van der Waals surface area (Å²) < 4.78 is 10.9. The van der Waals surface area contributed by atoms with Gasteiger partial charge in [0.05, 0.1) is 0 Å². The number of thiocarbonyl (C=S) groups is 4. The van der Waals surface area contributed by atoms with Crippen molar-refractivity contribution in [2.24, 2.45) is 0 Å². The van der Waals surface area contributed by atoms with E-state index in [-0.39, 0.29) is 0 Å². The second-order valence-corrected chi connectivity index (χ2v) is 21.6. The Kier molecular flexibility index (Phi) is 75.8. The molecule has 0 fully saturated rings. The van der Waals surface area contributed by atoms with Gasteiger partial charge in [-0.3, -0.25) is 0 Å². The Morgan fingerprint density at radius 1 is 0.258 bits per heavy atom. The zero-order valence-corrected chi connectivity index (χ0v) is 52.7. The zero-order chi connectivity index (χ0) is 50.9. The van der Waals surface area contributed by atoms with Gasteiger partial charge in [-0.2, -0.15) is 0 Å². The van der Waals surface area contributed by atoms with Crippen LogP contribution in [0.4, 0.5) is 0 Å². The minimum absolute atomic E-state index is 0.660. The molecule has 392 valence electrons. The first-order chi connectivity index (χ1) is 31.9. The van der Waals surface area contributed by atoms with E-state index in [1.165, 1.54) is 205 Å². The van der Waals surface area contributed by atoms with Crippen LogP contribution in [-0.4, -0.2) is 89.2 Å². The second-order valence-electron chi connectivity index (χ2n) is 17.5. The Labute approximate surface area is 468 Å². The third-order valence-electron chi connectivity index (χ3n) is 11.3. The van der Waals surface area contributed by atoms with Gasteiger partial charge in [-0.25, -0.2) is 0 Å². The summed E-state index contributed by atoms with van der Waals surface area (Å²) in [6.07, 6.45) is 41.2. The molecule has 0 aliphatic heterocycles. The summed E-state index contributed by atoms with van der Waals surface area (Å²) in [7, 11) is 0. The van der Waals surface area contributed by atoms with Gasteiger partial charge in [0.1, 0.15) is 0 Å². The molecular formula is C52H104MoN4OS8. The monoisotopic (exact) mass is 1150 g/mol. The molecule has 0 heterocycles. The minimum atomic E-state index is 0.660. The van der Waals surface area contributed by atoms with Crippen LogP contribution >= 0.6 is 48.9 Å². The van der Waals surface area contributed by atoms with Crippen LogP contribution in [0.25, 0.3) is 0 Å². The molecule has 66 heavy (non-hydrogen) atoms. The van der Waals surface area contributed by atoms with Crippen LogP contribution in [0.5, 0.6) is 0 Å². The Hall–Kier alpha value is 0.928. The van der Waals surface area contributed by atoms with Gasteiger partial charge in [0, 0.05) is 52.4 Å². The SMILES string of the molecule is CCCCCCN(CCCCCC)C(=S)[S-].CCCCCCN(CCCCCC)C(=S)[S-].CCCCCCN(CCCCCC)C(=S)[S-].CCCCCCN(CCCCCC)C(=S)[S-].[O]=[Mo+4]. The van der Waals surface area contributed by atoms with Gasteiger partial charge >= 0.3 is 23.2 Å². The first kappa shape index (κ1) is 75.9. The molecule has 0 radical (unpaired) electrons. The van der Waals surface area contributed by atoms with E-state index in [2.05, 4.69) is 75.0 Å². The molecule has 0 saturated heterocycles. The topological polar surface area (TPSA) is 30.0 Å². The van der Waals surface area contributed by atoms with Gasteiger partial charge in [0.15, 0.2) is 0 Å². The molecule has 0 unspecified atom stereocenters. The molecular weight excluding hydrogens is 1050 g/mol. The van der Waals surface area contributed by atoms with Gasteiger partial charge in [0.25, 0.3) is 0 Å². The van der Waals surface area contributed by atoms with E-state index in [0.717, 1.165) is 52.4 Å². The molecule has 0 amide bonds. The Bertz CT molecular complexity index is 820. The molecule has 14 heteroatoms. The standard InChI is InChI=1S/4C13H27NS2.Mo.O/c4*1-3-5-7-9-11-14(13(15)16)12-10-8-6-4-2;;/h4*3-12H2,1-2H3,(H,15,16);;/q;;;;+4;/p-4. The summed E-state index contributed by atoms with van der Waals surface area (Å²) in [4.78, 5) is 8.82. The normalized spacial score (nSPS) is 10.2. The number of hydrogen-bond acceptors (Lipinski definition) is 9. The molecule has 0 aliphatic carbocycles. The summed E-state index contributed by atoms with van der Waals surface area (Å²) in [6, 6.07) is 0. The second kappa shape index (κ2) is 65.9. The van der Waals surface area contributed by atoms with Crippen molar-refractivity contribution in [2.45, 2.75) is 261 Å². The van der Waals surface area contributed by atoms with Gasteiger partial charge < -0.3 is 119 Å². The maximum atomic E-state index is 8.26. The molecule has 0 bridgehead atoms. The predicted molar refractivity (Wildman–Crippen MR) is 320 cm³/mol. The molecule has 0 aromatic rings. The van der Waals surface area contributed by atoms with Gasteiger partial charge in [0.2, 0.25) is 0 Å². The molecule has 0 saturated carbocycles. The summed E-state index contributed by atoms with van der Waals surface area (Å²) in [6.45, 7) is 26.4. The molecule has 0 aromatic heterocycles. The van der Waals surface area contributed by atoms with Crippen molar-refractivity contribution in [3.8, 4) is 0 Å². The number of rotatable bonds is 40. The maximum absolute atomic E-state index is 8.26. The van der Waals surface area contributed by atoms with Crippen molar-refractivity contribution in [3.05, 3.63) is 0 Å². The fourth-order valence-electron chi connectivity index (χ4n) is 7.01. The Balaban J connectivity index is -0.000000247. The summed E-state index contributed by atoms with van der Waals surface area (Å²) in [5.41, 5.74) is 0. The van der Waals surface area contributed by atoms with Crippen LogP contribution in [-0.2, 0) is 73.7 Å². The fraction of sp³-hybridized carbons (Fsp3) is 0.923. The Morgan fingerprint density at radius 2 is 0.364 bits per heavy atom. The van der Waals surface area contributed by atoms with E-state index in [1.807, 2.05) is 0 Å². The van der Waals surface area contributed by atoms with E-state index in [9.17, 15) is 0 Å². The average Bonchev–Trinajstić information content (AvgIpc) is 3.30. The van der Waals surface area contributed by atoms with E-state index in [1.54, 1.807) is 0 Å². The van der Waals surface area contributed by atoms with Crippen LogP contribution in [0.2, 0.25) is 0 Å². The first-order valence-electron chi connectivity index (χ1n) is 26.9. The molecule has 5 nitrogen and oxygen atoms in total. The van der Waals surface area contributed by atoms with Crippen LogP contribution in [0, 0.1) is 0 Å². The Morgan fingerprint density at radius 3 is 0.439 bits per heavy atom. The summed E-state index contributed by atoms with van der Waals surface area (Å²) >= 11 is 41.6. The number of nitrogens with zero attached hydrogens (tertiary/aromatic N) is 4. The number of hydrogen-bond donors (Lipinski definition) is 0. The summed E-state index contributed by atoms with van der Waals surface area (Å²) in [5.74, 6) is 0. The van der Waals surface area contributed by atoms with E-state index < -0.39 is 0 Å². The molecule has 0 atom stereocenters. The van der Waals surface area contributed by atoms with Crippen molar-refractivity contribution in [3.63, 3.8) is 0 Å². The van der Waals surface area contributed by atoms with E-state index in [0.29, 0.717) is 37.1 Å². The van der Waals surface area contributed by atoms with Crippen LogP contribution < -0.4 is 0 Å². The van der Waals surface area contributed by atoms with E-state index >= 15 is 0 Å². The van der Waals surface area contributed by atoms with Crippen LogP contribution in [0.15, 0.2) is 0 Å². The van der Waals surface area contributed by atoms with Gasteiger partial charge in [-0.1, -0.05) is 227 Å². The van der Waals surface area contributed by atoms with Gasteiger partial charge in [-0.05, 0) is 51.4 Å². The van der Waals surface area contributed by atoms with Crippen molar-refractivity contribution in [1.82, 2.24) is 19.6 Å². The summed E-state index contributed by atoms with van der Waals surface area (Å²) in [5, 5.41) is 0. The first-order valence-corrected chi connectivity index (χ1v) is 31.0. The molecule has 0 rings (SSSR count). The van der Waals surface area contributed by atoms with Crippen molar-refractivity contribution < 1.29 is 23.2 Å². The van der Waals surface area contributed by atoms with Crippen LogP contribution in [0.1, 0.15) is 261 Å². The predicted octanol–water partition coefficient (Wildman–Crippen LogP) is 17.0. The zero-order valence-electron chi connectivity index (χ0n) is 44.2. The van der Waals surface area contributed by atoms with Crippen molar-refractivity contribution in [2.75, 3.05) is 52.4 Å². The van der Waals surface area contributed by atoms with E-state index in [4.69, 9.17) is 103 Å². The van der Waals surface area contributed by atoms with Crippen molar-refractivity contribution in [1.29, 1.82) is 0 Å². The van der Waals surface area contributed by atoms with Crippen LogP contribution in [0.3, 0.4) is 0 Å². The molecule has 0 aliphatic rings. The third kappa shape index (κ3) is 62.9. The average molecular weight is 1150 g/mol. The molecule has 0 aromatic carbocycles. The number of unbranched alkanes of at least 4 members (excludes halogenated alkanes) is 24. The van der Waals surface area contributed by atoms with Gasteiger partial charge in [-0.15, -0.1) is 0 Å².